The molecule has 1 aliphatic rings. The van der Waals surface area contributed by atoms with E-state index in [1.54, 1.807) is 16.8 Å². The Hall–Kier alpha value is -2.12. The first kappa shape index (κ1) is 20.2. The largest absolute Gasteiger partial charge is 0.493 e. The highest BCUT2D eigenvalue weighted by Crippen LogP contribution is 2.20. The van der Waals surface area contributed by atoms with E-state index in [2.05, 4.69) is 0 Å². The maximum absolute atomic E-state index is 12.4. The number of hydrogen-bond donors (Lipinski definition) is 1. The predicted molar refractivity (Wildman–Crippen MR) is 97.5 cm³/mol. The van der Waals surface area contributed by atoms with E-state index in [1.165, 1.54) is 0 Å². The van der Waals surface area contributed by atoms with Crippen molar-refractivity contribution < 1.29 is 24.2 Å². The fraction of sp³-hybridized carbons (Fsp3) is 0.579. The van der Waals surface area contributed by atoms with Crippen molar-refractivity contribution in [2.75, 3.05) is 46.4 Å². The molecular weight excluding hydrogens is 336 g/mol. The number of nitrogens with zero attached hydrogens (tertiary/aromatic N) is 2. The molecule has 7 nitrogen and oxygen atoms in total. The summed E-state index contributed by atoms with van der Waals surface area (Å²) in [6, 6.07) is 5.89. The molecule has 1 aliphatic heterocycles. The van der Waals surface area contributed by atoms with Gasteiger partial charge in [0.05, 0.1) is 32.3 Å². The molecule has 1 saturated heterocycles. The molecule has 1 fully saturated rings. The third kappa shape index (κ3) is 6.00. The normalized spacial score (nSPS) is 17.4. The van der Waals surface area contributed by atoms with E-state index in [-0.39, 0.29) is 18.6 Å². The summed E-state index contributed by atoms with van der Waals surface area (Å²) in [5.74, 6) is -0.0303. The van der Waals surface area contributed by atoms with E-state index >= 15 is 0 Å². The molecule has 2 rings (SSSR count). The van der Waals surface area contributed by atoms with E-state index < -0.39 is 5.97 Å². The van der Waals surface area contributed by atoms with Crippen LogP contribution in [-0.2, 0) is 14.3 Å². The van der Waals surface area contributed by atoms with Crippen molar-refractivity contribution in [1.29, 1.82) is 0 Å². The number of rotatable bonds is 8. The smallest absolute Gasteiger partial charge is 0.317 e. The minimum Gasteiger partial charge on any atom is -0.493 e. The summed E-state index contributed by atoms with van der Waals surface area (Å²) >= 11 is 0. The SMILES string of the molecule is Cc1cccc(OCCC(=O)N2CCO[C@H](CN(C)CC(=O)O)C2)c1C. The lowest BCUT2D eigenvalue weighted by Crippen LogP contribution is -2.49. The standard InChI is InChI=1S/C19H28N2O5/c1-14-5-4-6-17(15(14)2)26-9-7-18(22)21-8-10-25-16(12-21)11-20(3)13-19(23)24/h4-6,16H,7-13H2,1-3H3,(H,23,24)/t16-/m1/s1. The molecule has 26 heavy (non-hydrogen) atoms. The minimum atomic E-state index is -0.875. The number of benzene rings is 1. The Morgan fingerprint density at radius 1 is 1.38 bits per heavy atom. The van der Waals surface area contributed by atoms with Crippen LogP contribution in [0.4, 0.5) is 0 Å². The highest BCUT2D eigenvalue weighted by Gasteiger charge is 2.25. The van der Waals surface area contributed by atoms with Crippen LogP contribution in [0, 0.1) is 13.8 Å². The number of carbonyl (C=O) groups is 2. The number of amides is 1. The molecule has 1 aromatic rings. The highest BCUT2D eigenvalue weighted by atomic mass is 16.5. The van der Waals surface area contributed by atoms with Crippen LogP contribution in [0.2, 0.25) is 0 Å². The van der Waals surface area contributed by atoms with Crippen LogP contribution in [0.1, 0.15) is 17.5 Å². The quantitative estimate of drug-likeness (QED) is 0.749. The predicted octanol–water partition coefficient (Wildman–Crippen LogP) is 1.32. The van der Waals surface area contributed by atoms with Crippen molar-refractivity contribution in [3.63, 3.8) is 0 Å². The van der Waals surface area contributed by atoms with Crippen LogP contribution in [0.15, 0.2) is 18.2 Å². The summed E-state index contributed by atoms with van der Waals surface area (Å²) in [7, 11) is 1.73. The van der Waals surface area contributed by atoms with Gasteiger partial charge in [-0.3, -0.25) is 14.5 Å². The van der Waals surface area contributed by atoms with Gasteiger partial charge in [0, 0.05) is 19.6 Å². The molecule has 7 heteroatoms. The topological polar surface area (TPSA) is 79.3 Å². The maximum Gasteiger partial charge on any atom is 0.317 e. The fourth-order valence-electron chi connectivity index (χ4n) is 2.99. The van der Waals surface area contributed by atoms with Gasteiger partial charge >= 0.3 is 5.97 Å². The molecular formula is C19H28N2O5. The zero-order valence-electron chi connectivity index (χ0n) is 15.7. The Balaban J connectivity index is 1.78. The Morgan fingerprint density at radius 2 is 2.15 bits per heavy atom. The molecule has 0 bridgehead atoms. The van der Waals surface area contributed by atoms with Crippen molar-refractivity contribution >= 4 is 11.9 Å². The second-order valence-electron chi connectivity index (χ2n) is 6.72. The first-order valence-corrected chi connectivity index (χ1v) is 8.85. The second-order valence-corrected chi connectivity index (χ2v) is 6.72. The fourth-order valence-corrected chi connectivity index (χ4v) is 2.99. The summed E-state index contributed by atoms with van der Waals surface area (Å²) in [5.41, 5.74) is 2.25. The van der Waals surface area contributed by atoms with Crippen LogP contribution in [0.3, 0.4) is 0 Å². The van der Waals surface area contributed by atoms with Crippen molar-refractivity contribution in [3.05, 3.63) is 29.3 Å². The van der Waals surface area contributed by atoms with Gasteiger partial charge in [0.25, 0.3) is 0 Å². The lowest BCUT2D eigenvalue weighted by atomic mass is 10.1. The van der Waals surface area contributed by atoms with Crippen LogP contribution in [0.5, 0.6) is 5.75 Å². The third-order valence-electron chi connectivity index (χ3n) is 4.54. The lowest BCUT2D eigenvalue weighted by molar-refractivity contribution is -0.142. The number of aryl methyl sites for hydroxylation is 1. The number of aliphatic carboxylic acids is 1. The number of likely N-dealkylation sites (N-methyl/N-ethyl adjacent to an activating group) is 1. The van der Waals surface area contributed by atoms with Gasteiger partial charge in [0.1, 0.15) is 5.75 Å². The van der Waals surface area contributed by atoms with E-state index in [0.29, 0.717) is 39.3 Å². The van der Waals surface area contributed by atoms with Crippen LogP contribution in [-0.4, -0.2) is 79.3 Å². The summed E-state index contributed by atoms with van der Waals surface area (Å²) in [6.07, 6.45) is 0.141. The summed E-state index contributed by atoms with van der Waals surface area (Å²) in [6.45, 7) is 6.31. The van der Waals surface area contributed by atoms with Crippen LogP contribution < -0.4 is 4.74 Å². The zero-order valence-corrected chi connectivity index (χ0v) is 15.7. The van der Waals surface area contributed by atoms with E-state index in [1.807, 2.05) is 32.0 Å². The van der Waals surface area contributed by atoms with Crippen molar-refractivity contribution in [2.45, 2.75) is 26.4 Å². The Labute approximate surface area is 154 Å². The Kier molecular flexibility index (Phi) is 7.41. The van der Waals surface area contributed by atoms with Gasteiger partial charge in [0.15, 0.2) is 0 Å². The molecule has 1 heterocycles. The number of hydrogen-bond acceptors (Lipinski definition) is 5. The molecule has 1 aromatic carbocycles. The molecule has 0 unspecified atom stereocenters. The minimum absolute atomic E-state index is 0.0319. The maximum atomic E-state index is 12.4. The summed E-state index contributed by atoms with van der Waals surface area (Å²) in [5, 5.41) is 8.82. The molecule has 0 aliphatic carbocycles. The van der Waals surface area contributed by atoms with Crippen molar-refractivity contribution in [3.8, 4) is 5.75 Å². The number of morpholine rings is 1. The van der Waals surface area contributed by atoms with Gasteiger partial charge in [-0.2, -0.15) is 0 Å². The van der Waals surface area contributed by atoms with Gasteiger partial charge in [-0.25, -0.2) is 0 Å². The monoisotopic (exact) mass is 364 g/mol. The first-order chi connectivity index (χ1) is 12.4. The second kappa shape index (κ2) is 9.54. The van der Waals surface area contributed by atoms with Crippen LogP contribution in [0.25, 0.3) is 0 Å². The Morgan fingerprint density at radius 3 is 2.88 bits per heavy atom. The molecule has 144 valence electrons. The van der Waals surface area contributed by atoms with E-state index in [9.17, 15) is 9.59 Å². The number of ether oxygens (including phenoxy) is 2. The molecule has 0 aromatic heterocycles. The van der Waals surface area contributed by atoms with Crippen molar-refractivity contribution in [2.24, 2.45) is 0 Å². The van der Waals surface area contributed by atoms with E-state index in [4.69, 9.17) is 14.6 Å². The molecule has 0 spiro atoms. The summed E-state index contributed by atoms with van der Waals surface area (Å²) < 4.78 is 11.4. The van der Waals surface area contributed by atoms with E-state index in [0.717, 1.165) is 16.9 Å². The van der Waals surface area contributed by atoms with Crippen LogP contribution >= 0.6 is 0 Å². The number of carbonyl (C=O) groups excluding carboxylic acids is 1. The molecule has 1 amide bonds. The van der Waals surface area contributed by atoms with Gasteiger partial charge < -0.3 is 19.5 Å². The van der Waals surface area contributed by atoms with Gasteiger partial charge in [0.2, 0.25) is 5.91 Å². The average Bonchev–Trinajstić information content (AvgIpc) is 2.58. The van der Waals surface area contributed by atoms with Gasteiger partial charge in [-0.15, -0.1) is 0 Å². The summed E-state index contributed by atoms with van der Waals surface area (Å²) in [4.78, 5) is 26.6. The lowest BCUT2D eigenvalue weighted by Gasteiger charge is -2.34. The zero-order chi connectivity index (χ0) is 19.1. The first-order valence-electron chi connectivity index (χ1n) is 8.85. The number of carboxylic acid groups (broad SMARTS) is 1. The van der Waals surface area contributed by atoms with Gasteiger partial charge in [-0.1, -0.05) is 12.1 Å². The molecule has 1 N–H and O–H groups in total. The number of carboxylic acids is 1. The highest BCUT2D eigenvalue weighted by molar-refractivity contribution is 5.76. The third-order valence-corrected chi connectivity index (χ3v) is 4.54. The molecule has 0 saturated carbocycles. The van der Waals surface area contributed by atoms with Gasteiger partial charge in [-0.05, 0) is 38.1 Å². The van der Waals surface area contributed by atoms with Crippen molar-refractivity contribution in [1.82, 2.24) is 9.80 Å². The average molecular weight is 364 g/mol. The molecule has 0 radical (unpaired) electrons. The molecule has 1 atom stereocenters. The Bertz CT molecular complexity index is 634.